The van der Waals surface area contributed by atoms with Crippen molar-refractivity contribution in [3.63, 3.8) is 0 Å². The second-order valence-corrected chi connectivity index (χ2v) is 5.92. The van der Waals surface area contributed by atoms with E-state index in [1.807, 2.05) is 0 Å². The smallest absolute Gasteiger partial charge is 0.330 e. The molecule has 0 saturated carbocycles. The van der Waals surface area contributed by atoms with Gasteiger partial charge >= 0.3 is 5.97 Å². The van der Waals surface area contributed by atoms with Gasteiger partial charge in [0.15, 0.2) is 6.04 Å². The van der Waals surface area contributed by atoms with Gasteiger partial charge in [0.1, 0.15) is 6.04 Å². The normalized spacial score (nSPS) is 18.8. The van der Waals surface area contributed by atoms with E-state index in [0.717, 1.165) is 0 Å². The van der Waals surface area contributed by atoms with Crippen molar-refractivity contribution in [2.45, 2.75) is 25.4 Å². The van der Waals surface area contributed by atoms with Crippen LogP contribution in [-0.4, -0.2) is 45.5 Å². The number of carbonyl (C=O) groups is 3. The Morgan fingerprint density at radius 3 is 2.64 bits per heavy atom. The van der Waals surface area contributed by atoms with Crippen LogP contribution in [0.4, 0.5) is 0 Å². The molecule has 1 heterocycles. The number of nitrogens with zero attached hydrogens (tertiary/aromatic N) is 1. The molecule has 2 N–H and O–H groups in total. The van der Waals surface area contributed by atoms with Crippen LogP contribution in [0.5, 0.6) is 0 Å². The first-order valence-corrected chi connectivity index (χ1v) is 8.15. The third kappa shape index (κ3) is 3.59. The highest BCUT2D eigenvalue weighted by Crippen LogP contribution is 2.23. The summed E-state index contributed by atoms with van der Waals surface area (Å²) in [5.74, 6) is -0.703. The molecule has 2 atom stereocenters. The number of benzene rings is 1. The van der Waals surface area contributed by atoms with Gasteiger partial charge in [-0.25, -0.2) is 4.79 Å². The summed E-state index contributed by atoms with van der Waals surface area (Å²) >= 11 is 1.49. The number of carbonyl (C=O) groups excluding carboxylic acids is 2. The fourth-order valence-electron chi connectivity index (χ4n) is 2.28. The maximum Gasteiger partial charge on any atom is 0.330 e. The number of rotatable bonds is 5. The number of hydrogen-bond acceptors (Lipinski definition) is 4. The Morgan fingerprint density at radius 1 is 1.36 bits per heavy atom. The Morgan fingerprint density at radius 2 is 2.05 bits per heavy atom. The molecule has 1 aromatic carbocycles. The molecule has 0 aromatic heterocycles. The molecule has 0 spiro atoms. The lowest BCUT2D eigenvalue weighted by Gasteiger charge is -2.24. The standard InChI is InChI=1S/C15H18N2O4S/c1-2-12(18)17-9-22-8-11(17)14(19)16-13(15(20)21)10-6-4-3-5-7-10/h3-7,11,13H,2,8-9H2,1H3,(H,16,19)(H,20,21)/t11?,13-/m1/s1. The van der Waals surface area contributed by atoms with Crippen LogP contribution >= 0.6 is 11.8 Å². The predicted octanol–water partition coefficient (Wildman–Crippen LogP) is 1.24. The van der Waals surface area contributed by atoms with E-state index < -0.39 is 24.0 Å². The molecule has 1 aliphatic heterocycles. The number of nitrogens with one attached hydrogen (secondary N) is 1. The zero-order valence-corrected chi connectivity index (χ0v) is 13.0. The molecular weight excluding hydrogens is 304 g/mol. The summed E-state index contributed by atoms with van der Waals surface area (Å²) in [6, 6.07) is 6.79. The van der Waals surface area contributed by atoms with E-state index in [-0.39, 0.29) is 5.91 Å². The molecule has 1 saturated heterocycles. The van der Waals surface area contributed by atoms with Crippen LogP contribution in [0.3, 0.4) is 0 Å². The molecule has 118 valence electrons. The van der Waals surface area contributed by atoms with Crippen molar-refractivity contribution in [3.05, 3.63) is 35.9 Å². The van der Waals surface area contributed by atoms with Crippen molar-refractivity contribution in [1.29, 1.82) is 0 Å². The minimum absolute atomic E-state index is 0.100. The summed E-state index contributed by atoms with van der Waals surface area (Å²) in [6.45, 7) is 1.74. The molecular formula is C15H18N2O4S. The van der Waals surface area contributed by atoms with Gasteiger partial charge in [-0.2, -0.15) is 0 Å². The van der Waals surface area contributed by atoms with E-state index in [2.05, 4.69) is 5.32 Å². The van der Waals surface area contributed by atoms with Crippen LogP contribution in [0.25, 0.3) is 0 Å². The summed E-state index contributed by atoms with van der Waals surface area (Å²) in [4.78, 5) is 37.1. The highest BCUT2D eigenvalue weighted by Gasteiger charge is 2.35. The highest BCUT2D eigenvalue weighted by molar-refractivity contribution is 7.99. The van der Waals surface area contributed by atoms with E-state index in [4.69, 9.17) is 0 Å². The van der Waals surface area contributed by atoms with Crippen molar-refractivity contribution in [1.82, 2.24) is 10.2 Å². The topological polar surface area (TPSA) is 86.7 Å². The largest absolute Gasteiger partial charge is 0.479 e. The second kappa shape index (κ2) is 7.31. The molecule has 22 heavy (non-hydrogen) atoms. The molecule has 6 nitrogen and oxygen atoms in total. The van der Waals surface area contributed by atoms with Gasteiger partial charge in [-0.15, -0.1) is 11.8 Å². The monoisotopic (exact) mass is 322 g/mol. The molecule has 1 aromatic rings. The van der Waals surface area contributed by atoms with Crippen molar-refractivity contribution < 1.29 is 19.5 Å². The van der Waals surface area contributed by atoms with E-state index in [1.54, 1.807) is 37.3 Å². The zero-order valence-electron chi connectivity index (χ0n) is 12.2. The van der Waals surface area contributed by atoms with E-state index >= 15 is 0 Å². The number of amides is 2. The van der Waals surface area contributed by atoms with Crippen molar-refractivity contribution in [2.75, 3.05) is 11.6 Å². The summed E-state index contributed by atoms with van der Waals surface area (Å²) in [5, 5.41) is 11.9. The summed E-state index contributed by atoms with van der Waals surface area (Å²) in [5.41, 5.74) is 0.502. The molecule has 0 aliphatic carbocycles. The van der Waals surface area contributed by atoms with Crippen LogP contribution in [0.1, 0.15) is 24.9 Å². The summed E-state index contributed by atoms with van der Waals surface area (Å²) < 4.78 is 0. The molecule has 0 bridgehead atoms. The van der Waals surface area contributed by atoms with E-state index in [9.17, 15) is 19.5 Å². The first kappa shape index (κ1) is 16.4. The van der Waals surface area contributed by atoms with Gasteiger partial charge < -0.3 is 15.3 Å². The lowest BCUT2D eigenvalue weighted by molar-refractivity contribution is -0.143. The average Bonchev–Trinajstić information content (AvgIpc) is 3.01. The first-order chi connectivity index (χ1) is 10.5. The minimum atomic E-state index is -1.13. The van der Waals surface area contributed by atoms with E-state index in [0.29, 0.717) is 23.6 Å². The lowest BCUT2D eigenvalue weighted by atomic mass is 10.1. The number of hydrogen-bond donors (Lipinski definition) is 2. The fraction of sp³-hybridized carbons (Fsp3) is 0.400. The van der Waals surface area contributed by atoms with E-state index in [1.165, 1.54) is 16.7 Å². The number of aliphatic carboxylic acids is 1. The maximum atomic E-state index is 12.4. The van der Waals surface area contributed by atoms with Crippen molar-refractivity contribution >= 4 is 29.5 Å². The van der Waals surface area contributed by atoms with Crippen LogP contribution in [0, 0.1) is 0 Å². The van der Waals surface area contributed by atoms with Gasteiger partial charge in [0, 0.05) is 12.2 Å². The zero-order chi connectivity index (χ0) is 16.1. The van der Waals surface area contributed by atoms with Gasteiger partial charge in [-0.3, -0.25) is 9.59 Å². The van der Waals surface area contributed by atoms with Gasteiger partial charge in [0.2, 0.25) is 11.8 Å². The third-order valence-electron chi connectivity index (χ3n) is 3.47. The molecule has 2 amide bonds. The van der Waals surface area contributed by atoms with Crippen LogP contribution in [0.15, 0.2) is 30.3 Å². The Labute approximate surface area is 132 Å². The predicted molar refractivity (Wildman–Crippen MR) is 83.2 cm³/mol. The minimum Gasteiger partial charge on any atom is -0.479 e. The van der Waals surface area contributed by atoms with Gasteiger partial charge in [0.05, 0.1) is 5.88 Å². The van der Waals surface area contributed by atoms with Crippen LogP contribution < -0.4 is 5.32 Å². The molecule has 1 aliphatic rings. The van der Waals surface area contributed by atoms with Crippen LogP contribution in [-0.2, 0) is 14.4 Å². The molecule has 1 unspecified atom stereocenters. The Bertz CT molecular complexity index is 564. The molecule has 7 heteroatoms. The average molecular weight is 322 g/mol. The Kier molecular flexibility index (Phi) is 5.43. The number of carboxylic acids is 1. The van der Waals surface area contributed by atoms with Crippen molar-refractivity contribution in [3.8, 4) is 0 Å². The second-order valence-electron chi connectivity index (χ2n) is 4.92. The Hall–Kier alpha value is -2.02. The first-order valence-electron chi connectivity index (χ1n) is 7.00. The fourth-order valence-corrected chi connectivity index (χ4v) is 3.46. The maximum absolute atomic E-state index is 12.4. The molecule has 0 radical (unpaired) electrons. The Balaban J connectivity index is 2.12. The van der Waals surface area contributed by atoms with Crippen molar-refractivity contribution in [2.24, 2.45) is 0 Å². The summed E-state index contributed by atoms with van der Waals surface area (Å²) in [6.07, 6.45) is 0.325. The highest BCUT2D eigenvalue weighted by atomic mass is 32.2. The SMILES string of the molecule is CCC(=O)N1CSCC1C(=O)N[C@@H](C(=O)O)c1ccccc1. The lowest BCUT2D eigenvalue weighted by Crippen LogP contribution is -2.49. The number of carboxylic acid groups (broad SMARTS) is 1. The molecule has 2 rings (SSSR count). The van der Waals surface area contributed by atoms with Crippen LogP contribution in [0.2, 0.25) is 0 Å². The third-order valence-corrected chi connectivity index (χ3v) is 4.49. The summed E-state index contributed by atoms with van der Waals surface area (Å²) in [7, 11) is 0. The van der Waals surface area contributed by atoms with Gasteiger partial charge in [0.25, 0.3) is 0 Å². The van der Waals surface area contributed by atoms with Gasteiger partial charge in [-0.1, -0.05) is 37.3 Å². The quantitative estimate of drug-likeness (QED) is 0.852. The molecule has 1 fully saturated rings. The van der Waals surface area contributed by atoms with Gasteiger partial charge in [-0.05, 0) is 5.56 Å². The number of thioether (sulfide) groups is 1.